The fourth-order valence-electron chi connectivity index (χ4n) is 2.27. The summed E-state index contributed by atoms with van der Waals surface area (Å²) in [4.78, 5) is 14.3. The topological polar surface area (TPSA) is 55.6 Å². The van der Waals surface area contributed by atoms with Gasteiger partial charge in [-0.3, -0.25) is 4.79 Å². The molecule has 1 aromatic carbocycles. The Balaban J connectivity index is 2.81. The lowest BCUT2D eigenvalue weighted by Crippen LogP contribution is -2.35. The molecule has 0 aliphatic heterocycles. The molecule has 0 aliphatic carbocycles. The molecule has 0 atom stereocenters. The molecule has 1 rings (SSSR count). The highest BCUT2D eigenvalue weighted by Crippen LogP contribution is 2.22. The van der Waals surface area contributed by atoms with Crippen LogP contribution in [0, 0.1) is 11.8 Å². The Bertz CT molecular complexity index is 512. The van der Waals surface area contributed by atoms with Crippen molar-refractivity contribution in [1.82, 2.24) is 4.90 Å². The number of hydrogen-bond donors (Lipinski definition) is 1. The predicted octanol–water partition coefficient (Wildman–Crippen LogP) is 3.43. The van der Waals surface area contributed by atoms with E-state index in [0.717, 1.165) is 18.7 Å². The van der Waals surface area contributed by atoms with Crippen LogP contribution >= 0.6 is 0 Å². The fraction of sp³-hybridized carbons (Fsp3) is 0.500. The fourth-order valence-corrected chi connectivity index (χ4v) is 2.27. The molecule has 0 bridgehead atoms. The van der Waals surface area contributed by atoms with E-state index >= 15 is 0 Å². The van der Waals surface area contributed by atoms with Gasteiger partial charge in [0.2, 0.25) is 5.91 Å². The summed E-state index contributed by atoms with van der Waals surface area (Å²) in [7, 11) is 1.58. The van der Waals surface area contributed by atoms with Gasteiger partial charge in [-0.25, -0.2) is 0 Å². The number of carbonyl (C=O) groups is 1. The van der Waals surface area contributed by atoms with Gasteiger partial charge in [0.25, 0.3) is 0 Å². The van der Waals surface area contributed by atoms with Crippen molar-refractivity contribution in [2.75, 3.05) is 25.9 Å². The molecule has 4 nitrogen and oxygen atoms in total. The molecule has 0 saturated carbocycles. The van der Waals surface area contributed by atoms with Crippen molar-refractivity contribution in [2.24, 2.45) is 11.8 Å². The third kappa shape index (κ3) is 5.80. The third-order valence-corrected chi connectivity index (χ3v) is 3.15. The van der Waals surface area contributed by atoms with E-state index in [1.807, 2.05) is 11.0 Å². The second-order valence-corrected chi connectivity index (χ2v) is 6.37. The molecular formula is C18H28N2O2. The van der Waals surface area contributed by atoms with Crippen molar-refractivity contribution in [2.45, 2.75) is 27.7 Å². The monoisotopic (exact) mass is 304 g/mol. The number of nitrogen functional groups attached to an aromatic ring is 1. The highest BCUT2D eigenvalue weighted by molar-refractivity contribution is 5.92. The molecule has 0 heterocycles. The van der Waals surface area contributed by atoms with Gasteiger partial charge in [-0.05, 0) is 35.6 Å². The minimum atomic E-state index is 0.0387. The van der Waals surface area contributed by atoms with Gasteiger partial charge in [-0.15, -0.1) is 0 Å². The lowest BCUT2D eigenvalue weighted by molar-refractivity contribution is -0.127. The van der Waals surface area contributed by atoms with Crippen LogP contribution in [0.3, 0.4) is 0 Å². The second kappa shape index (κ2) is 8.47. The summed E-state index contributed by atoms with van der Waals surface area (Å²) >= 11 is 0. The predicted molar refractivity (Wildman–Crippen MR) is 92.7 cm³/mol. The summed E-state index contributed by atoms with van der Waals surface area (Å²) in [6.07, 6.45) is 3.41. The van der Waals surface area contributed by atoms with E-state index in [1.165, 1.54) is 0 Å². The minimum Gasteiger partial charge on any atom is -0.495 e. The molecule has 0 radical (unpaired) electrons. The smallest absolute Gasteiger partial charge is 0.246 e. The highest BCUT2D eigenvalue weighted by atomic mass is 16.5. The van der Waals surface area contributed by atoms with Gasteiger partial charge in [-0.2, -0.15) is 0 Å². The zero-order valence-electron chi connectivity index (χ0n) is 14.3. The molecule has 22 heavy (non-hydrogen) atoms. The molecule has 0 aromatic heterocycles. The number of hydrogen-bond acceptors (Lipinski definition) is 3. The molecule has 2 N–H and O–H groups in total. The van der Waals surface area contributed by atoms with Crippen molar-refractivity contribution in [3.63, 3.8) is 0 Å². The lowest BCUT2D eigenvalue weighted by atomic mass is 10.1. The molecule has 0 spiro atoms. The Hall–Kier alpha value is -1.97. The van der Waals surface area contributed by atoms with Crippen molar-refractivity contribution < 1.29 is 9.53 Å². The van der Waals surface area contributed by atoms with Crippen LogP contribution in [0.4, 0.5) is 5.69 Å². The quantitative estimate of drug-likeness (QED) is 0.620. The molecule has 0 fully saturated rings. The molecular weight excluding hydrogens is 276 g/mol. The Morgan fingerprint density at radius 1 is 1.23 bits per heavy atom. The number of anilines is 1. The summed E-state index contributed by atoms with van der Waals surface area (Å²) < 4.78 is 5.13. The highest BCUT2D eigenvalue weighted by Gasteiger charge is 2.13. The van der Waals surface area contributed by atoms with E-state index in [-0.39, 0.29) is 5.91 Å². The Labute approximate surface area is 133 Å². The number of nitrogens with zero attached hydrogens (tertiary/aromatic N) is 1. The van der Waals surface area contributed by atoms with Gasteiger partial charge in [-0.1, -0.05) is 33.8 Å². The van der Waals surface area contributed by atoms with Crippen molar-refractivity contribution in [3.8, 4) is 5.75 Å². The number of benzene rings is 1. The standard InChI is InChI=1S/C18H28N2O2/c1-13(2)11-20(12-14(3)4)18(21)9-7-15-6-8-17(22-5)16(19)10-15/h6-10,13-14H,11-12,19H2,1-5H3/b9-7-. The van der Waals surface area contributed by atoms with Crippen LogP contribution in [-0.4, -0.2) is 31.0 Å². The van der Waals surface area contributed by atoms with Crippen LogP contribution < -0.4 is 10.5 Å². The first kappa shape index (κ1) is 18.1. The maximum absolute atomic E-state index is 12.4. The Morgan fingerprint density at radius 3 is 2.27 bits per heavy atom. The number of methoxy groups -OCH3 is 1. The van der Waals surface area contributed by atoms with Crippen LogP contribution in [0.1, 0.15) is 33.3 Å². The number of amides is 1. The first-order valence-corrected chi connectivity index (χ1v) is 7.74. The van der Waals surface area contributed by atoms with Gasteiger partial charge >= 0.3 is 0 Å². The summed E-state index contributed by atoms with van der Waals surface area (Å²) in [5.74, 6) is 1.59. The van der Waals surface area contributed by atoms with Gasteiger partial charge in [0.1, 0.15) is 5.75 Å². The Kier molecular flexibility index (Phi) is 6.96. The number of rotatable bonds is 7. The van der Waals surface area contributed by atoms with E-state index in [2.05, 4.69) is 27.7 Å². The van der Waals surface area contributed by atoms with Crippen molar-refractivity contribution in [3.05, 3.63) is 29.8 Å². The number of carbonyl (C=O) groups excluding carboxylic acids is 1. The van der Waals surface area contributed by atoms with E-state index in [0.29, 0.717) is 23.3 Å². The maximum Gasteiger partial charge on any atom is 0.246 e. The van der Waals surface area contributed by atoms with Crippen LogP contribution in [0.2, 0.25) is 0 Å². The van der Waals surface area contributed by atoms with E-state index in [9.17, 15) is 4.79 Å². The third-order valence-electron chi connectivity index (χ3n) is 3.15. The summed E-state index contributed by atoms with van der Waals surface area (Å²) in [6.45, 7) is 10.0. The van der Waals surface area contributed by atoms with E-state index in [1.54, 1.807) is 31.4 Å². The summed E-state index contributed by atoms with van der Waals surface area (Å²) in [5.41, 5.74) is 7.33. The van der Waals surface area contributed by atoms with E-state index in [4.69, 9.17) is 10.5 Å². The van der Waals surface area contributed by atoms with Gasteiger partial charge < -0.3 is 15.4 Å². The van der Waals surface area contributed by atoms with Crippen LogP contribution in [0.15, 0.2) is 24.3 Å². The molecule has 122 valence electrons. The SMILES string of the molecule is COc1ccc(/C=C\C(=O)N(CC(C)C)CC(C)C)cc1N. The number of ether oxygens (including phenoxy) is 1. The maximum atomic E-state index is 12.4. The lowest BCUT2D eigenvalue weighted by Gasteiger charge is -2.25. The first-order valence-electron chi connectivity index (χ1n) is 7.74. The average Bonchev–Trinajstić information content (AvgIpc) is 2.43. The first-order chi connectivity index (χ1) is 10.3. The van der Waals surface area contributed by atoms with Gasteiger partial charge in [0, 0.05) is 19.2 Å². The normalized spacial score (nSPS) is 11.4. The molecule has 0 saturated heterocycles. The minimum absolute atomic E-state index is 0.0387. The second-order valence-electron chi connectivity index (χ2n) is 6.37. The van der Waals surface area contributed by atoms with Gasteiger partial charge in [0.05, 0.1) is 12.8 Å². The molecule has 0 aliphatic rings. The molecule has 0 unspecified atom stereocenters. The largest absolute Gasteiger partial charge is 0.495 e. The molecule has 1 aromatic rings. The van der Waals surface area contributed by atoms with E-state index < -0.39 is 0 Å². The summed E-state index contributed by atoms with van der Waals surface area (Å²) in [6, 6.07) is 5.49. The molecule has 1 amide bonds. The number of nitrogens with two attached hydrogens (primary N) is 1. The zero-order chi connectivity index (χ0) is 16.7. The van der Waals surface area contributed by atoms with Gasteiger partial charge in [0.15, 0.2) is 0 Å². The van der Waals surface area contributed by atoms with Crippen molar-refractivity contribution in [1.29, 1.82) is 0 Å². The Morgan fingerprint density at radius 2 is 1.82 bits per heavy atom. The van der Waals surface area contributed by atoms with Crippen LogP contribution in [-0.2, 0) is 4.79 Å². The van der Waals surface area contributed by atoms with Crippen molar-refractivity contribution >= 4 is 17.7 Å². The molecule has 4 heteroatoms. The zero-order valence-corrected chi connectivity index (χ0v) is 14.3. The average molecular weight is 304 g/mol. The summed E-state index contributed by atoms with van der Waals surface area (Å²) in [5, 5.41) is 0. The van der Waals surface area contributed by atoms with Crippen LogP contribution in [0.25, 0.3) is 6.08 Å². The van der Waals surface area contributed by atoms with Crippen LogP contribution in [0.5, 0.6) is 5.75 Å².